The van der Waals surface area contributed by atoms with E-state index in [-0.39, 0.29) is 22.5 Å². The zero-order valence-corrected chi connectivity index (χ0v) is 20.1. The normalized spacial score (nSPS) is 29.5. The predicted octanol–water partition coefficient (Wildman–Crippen LogP) is 4.87. The molecule has 7 nitrogen and oxygen atoms in total. The number of benzene rings is 1. The van der Waals surface area contributed by atoms with E-state index in [1.54, 1.807) is 23.1 Å². The first-order valence-electron chi connectivity index (χ1n) is 11.9. The average molecular weight is 483 g/mol. The fraction of sp³-hybridized carbons (Fsp3) is 0.520. The highest BCUT2D eigenvalue weighted by Gasteiger charge is 2.61. The molecule has 1 N–H and O–H groups in total. The lowest BCUT2D eigenvalue weighted by molar-refractivity contribution is -0.150. The summed E-state index contributed by atoms with van der Waals surface area (Å²) in [6.07, 6.45) is 7.51. The first-order valence-corrected chi connectivity index (χ1v) is 12.3. The smallest absolute Gasteiger partial charge is 0.242 e. The van der Waals surface area contributed by atoms with E-state index in [1.165, 1.54) is 12.5 Å². The van der Waals surface area contributed by atoms with Gasteiger partial charge in [-0.1, -0.05) is 18.2 Å². The van der Waals surface area contributed by atoms with Gasteiger partial charge in [0, 0.05) is 5.56 Å². The van der Waals surface area contributed by atoms with E-state index in [9.17, 15) is 9.18 Å². The van der Waals surface area contributed by atoms with Crippen molar-refractivity contribution in [3.63, 3.8) is 0 Å². The highest BCUT2D eigenvalue weighted by atomic mass is 35.5. The number of hydrogen-bond donors (Lipinski definition) is 1. The summed E-state index contributed by atoms with van der Waals surface area (Å²) in [5, 5.41) is 12.6. The molecule has 4 bridgehead atoms. The average Bonchev–Trinajstić information content (AvgIpc) is 3.34. The van der Waals surface area contributed by atoms with Crippen molar-refractivity contribution in [3.05, 3.63) is 58.6 Å². The second-order valence-corrected chi connectivity index (χ2v) is 11.0. The van der Waals surface area contributed by atoms with E-state index in [0.29, 0.717) is 23.9 Å². The van der Waals surface area contributed by atoms with Crippen LogP contribution in [0.1, 0.15) is 55.5 Å². The molecule has 3 aromatic rings. The Kier molecular flexibility index (Phi) is 4.89. The molecule has 2 aromatic heterocycles. The van der Waals surface area contributed by atoms with E-state index in [4.69, 9.17) is 11.6 Å². The summed E-state index contributed by atoms with van der Waals surface area (Å²) < 4.78 is 17.9. The summed E-state index contributed by atoms with van der Waals surface area (Å²) in [6, 6.07) is 6.71. The van der Waals surface area contributed by atoms with Gasteiger partial charge < -0.3 is 5.32 Å². The Morgan fingerprint density at radius 1 is 1.18 bits per heavy atom. The lowest BCUT2D eigenvalue weighted by Gasteiger charge is -2.60. The van der Waals surface area contributed by atoms with Crippen LogP contribution in [0.25, 0.3) is 0 Å². The van der Waals surface area contributed by atoms with Gasteiger partial charge >= 0.3 is 0 Å². The number of hydrogen-bond acceptors (Lipinski definition) is 4. The number of carbonyl (C=O) groups excluding carboxylic acids is 1. The monoisotopic (exact) mass is 482 g/mol. The van der Waals surface area contributed by atoms with Crippen molar-refractivity contribution in [2.24, 2.45) is 17.3 Å². The fourth-order valence-electron chi connectivity index (χ4n) is 7.29. The standard InChI is InChI=1S/C25H28ClFN6O/c1-15-21(16(2)32(30-15)12-19-5-3-4-6-20(19)27)29-22(34)24-8-17-7-18(9-24)11-25(10-17,13-24)33-14-28-23(26)31-33/h3-6,14,17-18H,7-13H2,1-2H3,(H,29,34). The predicted molar refractivity (Wildman–Crippen MR) is 126 cm³/mol. The minimum Gasteiger partial charge on any atom is -0.322 e. The molecule has 9 heteroatoms. The van der Waals surface area contributed by atoms with E-state index in [2.05, 4.69) is 20.5 Å². The van der Waals surface area contributed by atoms with Crippen molar-refractivity contribution < 1.29 is 9.18 Å². The molecule has 34 heavy (non-hydrogen) atoms. The van der Waals surface area contributed by atoms with E-state index in [1.807, 2.05) is 24.6 Å². The fourth-order valence-corrected chi connectivity index (χ4v) is 7.41. The van der Waals surface area contributed by atoms with Gasteiger partial charge in [-0.15, -0.1) is 5.10 Å². The van der Waals surface area contributed by atoms with Gasteiger partial charge in [-0.05, 0) is 81.9 Å². The van der Waals surface area contributed by atoms with E-state index in [0.717, 1.165) is 49.2 Å². The minimum atomic E-state index is -0.435. The van der Waals surface area contributed by atoms with Gasteiger partial charge in [0.15, 0.2) is 0 Å². The second-order valence-electron chi connectivity index (χ2n) is 10.7. The summed E-state index contributed by atoms with van der Waals surface area (Å²) in [5.74, 6) is 0.809. The van der Waals surface area contributed by atoms with E-state index < -0.39 is 5.41 Å². The third-order valence-electron chi connectivity index (χ3n) is 8.36. The molecule has 2 heterocycles. The van der Waals surface area contributed by atoms with Crippen LogP contribution in [0.4, 0.5) is 10.1 Å². The molecule has 4 fully saturated rings. The zero-order valence-electron chi connectivity index (χ0n) is 19.4. The maximum Gasteiger partial charge on any atom is 0.242 e. The summed E-state index contributed by atoms with van der Waals surface area (Å²) in [5.41, 5.74) is 2.24. The van der Waals surface area contributed by atoms with Gasteiger partial charge in [0.2, 0.25) is 11.2 Å². The number of nitrogens with zero attached hydrogens (tertiary/aromatic N) is 5. The number of amides is 1. The molecule has 4 saturated carbocycles. The van der Waals surface area contributed by atoms with Crippen LogP contribution in [0.3, 0.4) is 0 Å². The van der Waals surface area contributed by atoms with Gasteiger partial charge in [0.1, 0.15) is 12.1 Å². The van der Waals surface area contributed by atoms with Crippen molar-refractivity contribution in [1.82, 2.24) is 24.5 Å². The highest BCUT2D eigenvalue weighted by molar-refractivity contribution is 6.28. The number of anilines is 1. The SMILES string of the molecule is Cc1nn(Cc2ccccc2F)c(C)c1NC(=O)C12CC3CC(C1)CC(n1cnc(Cl)n1)(C3)C2. The van der Waals surface area contributed by atoms with Crippen LogP contribution in [0.2, 0.25) is 5.28 Å². The Balaban J connectivity index is 1.28. The molecule has 1 amide bonds. The lowest BCUT2D eigenvalue weighted by Crippen LogP contribution is -2.60. The lowest BCUT2D eigenvalue weighted by atomic mass is 9.46. The zero-order chi connectivity index (χ0) is 23.7. The molecule has 1 aromatic carbocycles. The second kappa shape index (κ2) is 7.63. The quantitative estimate of drug-likeness (QED) is 0.563. The summed E-state index contributed by atoms with van der Waals surface area (Å²) in [7, 11) is 0. The minimum absolute atomic E-state index is 0.0637. The van der Waals surface area contributed by atoms with Gasteiger partial charge in [-0.3, -0.25) is 9.48 Å². The molecule has 0 aliphatic heterocycles. The topological polar surface area (TPSA) is 77.6 Å². The Hall–Kier alpha value is -2.74. The first kappa shape index (κ1) is 21.8. The molecule has 0 radical (unpaired) electrons. The molecule has 4 aliphatic carbocycles. The molecule has 0 spiro atoms. The van der Waals surface area contributed by atoms with Crippen LogP contribution in [-0.2, 0) is 16.9 Å². The number of aromatic nitrogens is 5. The van der Waals surface area contributed by atoms with Crippen molar-refractivity contribution in [2.45, 2.75) is 64.5 Å². The van der Waals surface area contributed by atoms with Crippen LogP contribution >= 0.6 is 11.6 Å². The molecule has 4 aliphatic rings. The van der Waals surface area contributed by atoms with Crippen LogP contribution in [0.15, 0.2) is 30.6 Å². The molecular formula is C25H28ClFN6O. The molecule has 2 unspecified atom stereocenters. The largest absolute Gasteiger partial charge is 0.322 e. The Morgan fingerprint density at radius 3 is 2.59 bits per heavy atom. The number of aryl methyl sites for hydroxylation is 1. The Morgan fingerprint density at radius 2 is 1.91 bits per heavy atom. The number of carbonyl (C=O) groups is 1. The maximum atomic E-state index is 14.2. The van der Waals surface area contributed by atoms with Gasteiger partial charge in [-0.25, -0.2) is 14.1 Å². The van der Waals surface area contributed by atoms with Gasteiger partial charge in [-0.2, -0.15) is 5.10 Å². The van der Waals surface area contributed by atoms with Gasteiger partial charge in [0.05, 0.1) is 34.6 Å². The summed E-state index contributed by atoms with van der Waals surface area (Å²) >= 11 is 6.05. The summed E-state index contributed by atoms with van der Waals surface area (Å²) in [4.78, 5) is 18.0. The van der Waals surface area contributed by atoms with Crippen molar-refractivity contribution in [3.8, 4) is 0 Å². The van der Waals surface area contributed by atoms with E-state index >= 15 is 0 Å². The maximum absolute atomic E-state index is 14.2. The van der Waals surface area contributed by atoms with Crippen LogP contribution in [-0.4, -0.2) is 30.5 Å². The first-order chi connectivity index (χ1) is 16.3. The highest BCUT2D eigenvalue weighted by Crippen LogP contribution is 2.64. The molecule has 178 valence electrons. The van der Waals surface area contributed by atoms with Crippen molar-refractivity contribution in [1.29, 1.82) is 0 Å². The molecule has 2 atom stereocenters. The molecule has 7 rings (SSSR count). The number of rotatable bonds is 5. The van der Waals surface area contributed by atoms with Crippen molar-refractivity contribution in [2.75, 3.05) is 5.32 Å². The molecular weight excluding hydrogens is 455 g/mol. The number of nitrogens with one attached hydrogen (secondary N) is 1. The third-order valence-corrected chi connectivity index (χ3v) is 8.53. The van der Waals surface area contributed by atoms with Gasteiger partial charge in [0.25, 0.3) is 0 Å². The summed E-state index contributed by atoms with van der Waals surface area (Å²) in [6.45, 7) is 4.13. The number of halogens is 2. The Labute approximate surface area is 202 Å². The van der Waals surface area contributed by atoms with Crippen LogP contribution in [0.5, 0.6) is 0 Å². The Bertz CT molecular complexity index is 1270. The molecule has 0 saturated heterocycles. The third kappa shape index (κ3) is 3.37. The van der Waals surface area contributed by atoms with Crippen LogP contribution < -0.4 is 5.32 Å². The van der Waals surface area contributed by atoms with Crippen LogP contribution in [0, 0.1) is 36.9 Å². The van der Waals surface area contributed by atoms with Crippen molar-refractivity contribution >= 4 is 23.2 Å².